The summed E-state index contributed by atoms with van der Waals surface area (Å²) in [5, 5.41) is -0.331. The van der Waals surface area contributed by atoms with E-state index in [0.717, 1.165) is 5.56 Å². The molecule has 0 aliphatic carbocycles. The van der Waals surface area contributed by atoms with Crippen LogP contribution in [0.5, 0.6) is 5.75 Å². The summed E-state index contributed by atoms with van der Waals surface area (Å²) in [6, 6.07) is 13.6. The molecule has 4 rings (SSSR count). The Labute approximate surface area is 209 Å². The number of aromatic amines is 1. The van der Waals surface area contributed by atoms with Gasteiger partial charge in [0, 0.05) is 17.5 Å². The Balaban J connectivity index is 1.70. The summed E-state index contributed by atoms with van der Waals surface area (Å²) < 4.78 is 67.5. The van der Waals surface area contributed by atoms with E-state index in [1.54, 1.807) is 44.2 Å². The predicted molar refractivity (Wildman–Crippen MR) is 130 cm³/mol. The predicted octanol–water partition coefficient (Wildman–Crippen LogP) is 7.21. The average molecular weight is 543 g/mol. The number of hydrogen-bond acceptors (Lipinski definition) is 4. The van der Waals surface area contributed by atoms with Crippen LogP contribution in [0, 0.1) is 0 Å². The fourth-order valence-electron chi connectivity index (χ4n) is 3.61. The largest absolute Gasteiger partial charge is 0.573 e. The number of aromatic nitrogens is 2. The molecule has 0 atom stereocenters. The van der Waals surface area contributed by atoms with Crippen LogP contribution >= 0.6 is 23.2 Å². The Bertz CT molecular complexity index is 1500. The number of nitrogens with one attached hydrogen (secondary N) is 1. The number of hydrogen-bond donors (Lipinski definition) is 1. The molecule has 3 aromatic carbocycles. The lowest BCUT2D eigenvalue weighted by atomic mass is 10.0. The summed E-state index contributed by atoms with van der Waals surface area (Å²) in [6.07, 6.45) is -4.55. The molecule has 35 heavy (non-hydrogen) atoms. The van der Waals surface area contributed by atoms with Gasteiger partial charge in [0.2, 0.25) is 0 Å². The maximum Gasteiger partial charge on any atom is 0.573 e. The summed E-state index contributed by atoms with van der Waals surface area (Å²) in [4.78, 5) is 7.86. The van der Waals surface area contributed by atoms with Gasteiger partial charge in [-0.1, -0.05) is 53.5 Å². The molecule has 0 radical (unpaired) electrons. The van der Waals surface area contributed by atoms with Crippen LogP contribution in [0.4, 0.5) is 13.2 Å². The number of para-hydroxylation sites is 1. The summed E-state index contributed by atoms with van der Waals surface area (Å²) in [6.45, 7) is 3.24. The van der Waals surface area contributed by atoms with Gasteiger partial charge in [-0.15, -0.1) is 13.2 Å². The van der Waals surface area contributed by atoms with Crippen molar-refractivity contribution in [1.82, 2.24) is 9.97 Å². The molecule has 0 aliphatic heterocycles. The minimum absolute atomic E-state index is 0.0756. The molecule has 1 N–H and O–H groups in total. The van der Waals surface area contributed by atoms with E-state index in [2.05, 4.69) is 14.7 Å². The topological polar surface area (TPSA) is 72.1 Å². The third-order valence-corrected chi connectivity index (χ3v) is 8.18. The average Bonchev–Trinajstić information content (AvgIpc) is 3.16. The zero-order chi connectivity index (χ0) is 25.5. The van der Waals surface area contributed by atoms with Crippen LogP contribution in [0.25, 0.3) is 22.2 Å². The minimum atomic E-state index is -4.89. The van der Waals surface area contributed by atoms with E-state index in [1.807, 2.05) is 0 Å². The van der Waals surface area contributed by atoms with Gasteiger partial charge in [-0.05, 0) is 43.7 Å². The van der Waals surface area contributed by atoms with E-state index >= 15 is 0 Å². The molecule has 0 fully saturated rings. The molecular formula is C24H19Cl2F3N2O3S. The van der Waals surface area contributed by atoms with E-state index < -0.39 is 27.2 Å². The van der Waals surface area contributed by atoms with Crippen molar-refractivity contribution in [2.45, 2.75) is 36.8 Å². The van der Waals surface area contributed by atoms with E-state index in [1.165, 1.54) is 24.3 Å². The molecule has 1 heterocycles. The van der Waals surface area contributed by atoms with E-state index in [4.69, 9.17) is 23.2 Å². The molecule has 0 amide bonds. The standard InChI is InChI=1S/C24H19Cl2F3N2O3S/c1-13(2)35(32,33)15-9-7-14(8-10-15)11-20-30-18-12-17(25)21(22(26)23(18)31-20)16-5-3-4-6-19(16)34-24(27,28)29/h3-10,12-13H,11H2,1-2H3,(H,30,31). The van der Waals surface area contributed by atoms with Crippen molar-refractivity contribution in [3.63, 3.8) is 0 Å². The van der Waals surface area contributed by atoms with Crippen molar-refractivity contribution >= 4 is 44.1 Å². The molecule has 0 spiro atoms. The van der Waals surface area contributed by atoms with Gasteiger partial charge in [-0.2, -0.15) is 0 Å². The number of nitrogens with zero attached hydrogens (tertiary/aromatic N) is 1. The minimum Gasteiger partial charge on any atom is -0.405 e. The van der Waals surface area contributed by atoms with Crippen LogP contribution in [-0.4, -0.2) is 30.0 Å². The van der Waals surface area contributed by atoms with Crippen LogP contribution in [0.1, 0.15) is 25.2 Å². The normalized spacial score (nSPS) is 12.5. The van der Waals surface area contributed by atoms with Crippen molar-refractivity contribution in [2.24, 2.45) is 0 Å². The lowest BCUT2D eigenvalue weighted by Crippen LogP contribution is -2.17. The van der Waals surface area contributed by atoms with Crippen LogP contribution in [-0.2, 0) is 16.3 Å². The Kier molecular flexibility index (Phi) is 6.78. The second-order valence-corrected chi connectivity index (χ2v) is 11.4. The number of H-pyrrole nitrogens is 1. The maximum absolute atomic E-state index is 12.9. The molecule has 0 aliphatic rings. The quantitative estimate of drug-likeness (QED) is 0.279. The van der Waals surface area contributed by atoms with Crippen molar-refractivity contribution in [1.29, 1.82) is 0 Å². The Morgan fingerprint density at radius 2 is 1.71 bits per heavy atom. The van der Waals surface area contributed by atoms with E-state index in [0.29, 0.717) is 23.3 Å². The van der Waals surface area contributed by atoms with Gasteiger partial charge in [0.15, 0.2) is 9.84 Å². The van der Waals surface area contributed by atoms with Gasteiger partial charge in [0.25, 0.3) is 0 Å². The number of fused-ring (bicyclic) bond motifs is 1. The number of alkyl halides is 3. The zero-order valence-corrected chi connectivity index (χ0v) is 20.8. The third-order valence-electron chi connectivity index (χ3n) is 5.34. The summed E-state index contributed by atoms with van der Waals surface area (Å²) in [5.41, 5.74) is 1.89. The molecule has 0 bridgehead atoms. The monoisotopic (exact) mass is 542 g/mol. The lowest BCUT2D eigenvalue weighted by molar-refractivity contribution is -0.274. The van der Waals surface area contributed by atoms with Crippen LogP contribution < -0.4 is 4.74 Å². The van der Waals surface area contributed by atoms with Gasteiger partial charge in [-0.3, -0.25) is 0 Å². The lowest BCUT2D eigenvalue weighted by Gasteiger charge is -2.15. The van der Waals surface area contributed by atoms with Crippen molar-refractivity contribution < 1.29 is 26.3 Å². The molecule has 0 unspecified atom stereocenters. The first-order valence-electron chi connectivity index (χ1n) is 10.4. The third kappa shape index (κ3) is 5.27. The SMILES string of the molecule is CC(C)S(=O)(=O)c1ccc(Cc2nc3c(Cl)c(-c4ccccc4OC(F)(F)F)c(Cl)cc3[nH]2)cc1. The van der Waals surface area contributed by atoms with Crippen LogP contribution in [0.15, 0.2) is 59.5 Å². The number of imidazole rings is 1. The van der Waals surface area contributed by atoms with Gasteiger partial charge in [0.05, 0.1) is 25.7 Å². The maximum atomic E-state index is 12.9. The first kappa shape index (κ1) is 25.3. The highest BCUT2D eigenvalue weighted by Crippen LogP contribution is 2.44. The Morgan fingerprint density at radius 1 is 1.06 bits per heavy atom. The smallest absolute Gasteiger partial charge is 0.405 e. The molecular weight excluding hydrogens is 524 g/mol. The van der Waals surface area contributed by atoms with Gasteiger partial charge in [0.1, 0.15) is 17.1 Å². The second-order valence-electron chi connectivity index (χ2n) is 8.09. The highest BCUT2D eigenvalue weighted by molar-refractivity contribution is 7.92. The van der Waals surface area contributed by atoms with Gasteiger partial charge in [-0.25, -0.2) is 13.4 Å². The molecule has 5 nitrogen and oxygen atoms in total. The molecule has 184 valence electrons. The zero-order valence-electron chi connectivity index (χ0n) is 18.5. The summed E-state index contributed by atoms with van der Waals surface area (Å²) in [7, 11) is -3.38. The fourth-order valence-corrected chi connectivity index (χ4v) is 5.37. The number of benzene rings is 3. The molecule has 0 saturated carbocycles. The van der Waals surface area contributed by atoms with Gasteiger partial charge >= 0.3 is 6.36 Å². The first-order valence-corrected chi connectivity index (χ1v) is 12.7. The molecule has 11 heteroatoms. The van der Waals surface area contributed by atoms with Gasteiger partial charge < -0.3 is 9.72 Å². The molecule has 4 aromatic rings. The van der Waals surface area contributed by atoms with Crippen LogP contribution in [0.3, 0.4) is 0 Å². The van der Waals surface area contributed by atoms with Crippen LogP contribution in [0.2, 0.25) is 10.0 Å². The number of ether oxygens (including phenoxy) is 1. The number of halogens is 5. The summed E-state index contributed by atoms with van der Waals surface area (Å²) >= 11 is 13.0. The highest BCUT2D eigenvalue weighted by atomic mass is 35.5. The highest BCUT2D eigenvalue weighted by Gasteiger charge is 2.33. The van der Waals surface area contributed by atoms with E-state index in [-0.39, 0.29) is 26.1 Å². The van der Waals surface area contributed by atoms with Crippen molar-refractivity contribution in [3.05, 3.63) is 76.0 Å². The second kappa shape index (κ2) is 9.37. The van der Waals surface area contributed by atoms with E-state index in [9.17, 15) is 21.6 Å². The Morgan fingerprint density at radius 3 is 2.34 bits per heavy atom. The molecule has 1 aromatic heterocycles. The fraction of sp³-hybridized carbons (Fsp3) is 0.208. The summed E-state index contributed by atoms with van der Waals surface area (Å²) in [5.74, 6) is 0.0877. The molecule has 0 saturated heterocycles. The van der Waals surface area contributed by atoms with Crippen molar-refractivity contribution in [2.75, 3.05) is 0 Å². The first-order chi connectivity index (χ1) is 16.4. The van der Waals surface area contributed by atoms with Crippen molar-refractivity contribution in [3.8, 4) is 16.9 Å². The number of rotatable bonds is 6. The number of sulfone groups is 1. The Hall–Kier alpha value is -2.75.